The van der Waals surface area contributed by atoms with E-state index in [2.05, 4.69) is 51.5 Å². The molecule has 0 fully saturated rings. The average molecular weight is 423 g/mol. The maximum absolute atomic E-state index is 5.44. The predicted octanol–water partition coefficient (Wildman–Crippen LogP) is 4.24. The first-order chi connectivity index (χ1) is 14.6. The largest absolute Gasteiger partial charge is 0.497 e. The summed E-state index contributed by atoms with van der Waals surface area (Å²) in [6.45, 7) is 3.99. The van der Waals surface area contributed by atoms with Crippen molar-refractivity contribution in [3.05, 3.63) is 59.7 Å². The summed E-state index contributed by atoms with van der Waals surface area (Å²) in [5.74, 6) is 3.54. The van der Waals surface area contributed by atoms with Gasteiger partial charge in [0.15, 0.2) is 5.16 Å². The highest BCUT2D eigenvalue weighted by Gasteiger charge is 2.17. The lowest BCUT2D eigenvalue weighted by Crippen LogP contribution is -1.99. The van der Waals surface area contributed by atoms with E-state index >= 15 is 0 Å². The number of hydrogen-bond donors (Lipinski definition) is 0. The van der Waals surface area contributed by atoms with Crippen LogP contribution in [0, 0.1) is 13.8 Å². The first kappa shape index (κ1) is 20.0. The molecule has 0 atom stereocenters. The van der Waals surface area contributed by atoms with Crippen molar-refractivity contribution in [2.24, 2.45) is 0 Å². The molecular formula is C21H21N5O3S. The second-order valence-electron chi connectivity index (χ2n) is 6.57. The van der Waals surface area contributed by atoms with Gasteiger partial charge in [-0.2, -0.15) is 4.98 Å². The van der Waals surface area contributed by atoms with E-state index in [9.17, 15) is 0 Å². The Labute approximate surface area is 178 Å². The SMILES string of the molecule is COc1ccc(-c2noc(CSc3nnc(C)n3-c3ccc(C)cc3)n2)c(OC)c1. The summed E-state index contributed by atoms with van der Waals surface area (Å²) in [6.07, 6.45) is 0. The van der Waals surface area contributed by atoms with Crippen molar-refractivity contribution in [3.63, 3.8) is 0 Å². The van der Waals surface area contributed by atoms with Crippen LogP contribution in [0.5, 0.6) is 11.5 Å². The van der Waals surface area contributed by atoms with Crippen LogP contribution in [-0.4, -0.2) is 39.1 Å². The highest BCUT2D eigenvalue weighted by Crippen LogP contribution is 2.32. The third kappa shape index (κ3) is 4.02. The molecule has 2 heterocycles. The van der Waals surface area contributed by atoms with Gasteiger partial charge in [0.1, 0.15) is 17.3 Å². The van der Waals surface area contributed by atoms with E-state index < -0.39 is 0 Å². The molecule has 2 aromatic carbocycles. The lowest BCUT2D eigenvalue weighted by molar-refractivity contribution is 0.388. The molecule has 0 amide bonds. The summed E-state index contributed by atoms with van der Waals surface area (Å²) in [5, 5.41) is 13.4. The molecule has 0 spiro atoms. The first-order valence-electron chi connectivity index (χ1n) is 9.26. The molecule has 0 unspecified atom stereocenters. The summed E-state index contributed by atoms with van der Waals surface area (Å²) in [7, 11) is 3.20. The molecule has 9 heteroatoms. The average Bonchev–Trinajstić information content (AvgIpc) is 3.39. The number of hydrogen-bond acceptors (Lipinski definition) is 8. The zero-order valence-corrected chi connectivity index (χ0v) is 17.9. The Morgan fingerprint density at radius 1 is 1.00 bits per heavy atom. The number of thioether (sulfide) groups is 1. The van der Waals surface area contributed by atoms with E-state index in [0.717, 1.165) is 22.2 Å². The third-order valence-corrected chi connectivity index (χ3v) is 5.44. The van der Waals surface area contributed by atoms with Crippen LogP contribution in [0.25, 0.3) is 17.1 Å². The normalized spacial score (nSPS) is 10.9. The van der Waals surface area contributed by atoms with Crippen molar-refractivity contribution in [2.75, 3.05) is 14.2 Å². The molecule has 0 bridgehead atoms. The molecule has 0 radical (unpaired) electrons. The maximum Gasteiger partial charge on any atom is 0.237 e. The Bertz CT molecular complexity index is 1150. The molecule has 30 heavy (non-hydrogen) atoms. The Morgan fingerprint density at radius 3 is 2.53 bits per heavy atom. The minimum Gasteiger partial charge on any atom is -0.497 e. The Morgan fingerprint density at radius 2 is 1.80 bits per heavy atom. The van der Waals surface area contributed by atoms with Gasteiger partial charge in [0, 0.05) is 11.8 Å². The van der Waals surface area contributed by atoms with Gasteiger partial charge in [-0.05, 0) is 38.1 Å². The van der Waals surface area contributed by atoms with Crippen LogP contribution in [0.2, 0.25) is 0 Å². The highest BCUT2D eigenvalue weighted by atomic mass is 32.2. The maximum atomic E-state index is 5.44. The molecule has 154 valence electrons. The lowest BCUT2D eigenvalue weighted by atomic mass is 10.2. The fourth-order valence-electron chi connectivity index (χ4n) is 2.96. The van der Waals surface area contributed by atoms with Crippen LogP contribution in [0.15, 0.2) is 52.1 Å². The van der Waals surface area contributed by atoms with Crippen molar-refractivity contribution in [2.45, 2.75) is 24.8 Å². The van der Waals surface area contributed by atoms with Crippen LogP contribution >= 0.6 is 11.8 Å². The number of rotatable bonds is 7. The van der Waals surface area contributed by atoms with Crippen LogP contribution in [-0.2, 0) is 5.75 Å². The number of aromatic nitrogens is 5. The summed E-state index contributed by atoms with van der Waals surface area (Å²) >= 11 is 1.49. The number of aryl methyl sites for hydroxylation is 2. The third-order valence-electron chi connectivity index (χ3n) is 4.53. The second kappa shape index (κ2) is 8.58. The number of benzene rings is 2. The van der Waals surface area contributed by atoms with Gasteiger partial charge in [0.05, 0.1) is 25.5 Å². The molecule has 8 nitrogen and oxygen atoms in total. The summed E-state index contributed by atoms with van der Waals surface area (Å²) in [4.78, 5) is 4.50. The van der Waals surface area contributed by atoms with Crippen LogP contribution in [0.4, 0.5) is 0 Å². The molecular weight excluding hydrogens is 402 g/mol. The van der Waals surface area contributed by atoms with E-state index in [4.69, 9.17) is 14.0 Å². The second-order valence-corrected chi connectivity index (χ2v) is 7.51. The van der Waals surface area contributed by atoms with Gasteiger partial charge < -0.3 is 14.0 Å². The zero-order valence-electron chi connectivity index (χ0n) is 17.1. The summed E-state index contributed by atoms with van der Waals surface area (Å²) in [6, 6.07) is 13.7. The highest BCUT2D eigenvalue weighted by molar-refractivity contribution is 7.98. The van der Waals surface area contributed by atoms with Crippen molar-refractivity contribution >= 4 is 11.8 Å². The minimum atomic E-state index is 0.460. The van der Waals surface area contributed by atoms with Gasteiger partial charge in [0.2, 0.25) is 11.7 Å². The smallest absolute Gasteiger partial charge is 0.237 e. The Balaban J connectivity index is 1.53. The molecule has 0 N–H and O–H groups in total. The van der Waals surface area contributed by atoms with E-state index in [0.29, 0.717) is 29.0 Å². The van der Waals surface area contributed by atoms with Crippen LogP contribution < -0.4 is 9.47 Å². The predicted molar refractivity (Wildman–Crippen MR) is 113 cm³/mol. The monoisotopic (exact) mass is 423 g/mol. The van der Waals surface area contributed by atoms with Gasteiger partial charge in [-0.1, -0.05) is 34.6 Å². The first-order valence-corrected chi connectivity index (χ1v) is 10.2. The number of methoxy groups -OCH3 is 2. The van der Waals surface area contributed by atoms with E-state index in [1.165, 1.54) is 17.3 Å². The molecule has 4 rings (SSSR count). The standard InChI is InChI=1S/C21H21N5O3S/c1-13-5-7-15(8-6-13)26-14(2)23-24-21(26)30-12-19-22-20(25-29-19)17-10-9-16(27-3)11-18(17)28-4/h5-11H,12H2,1-4H3. The summed E-state index contributed by atoms with van der Waals surface area (Å²) in [5.41, 5.74) is 2.95. The Kier molecular flexibility index (Phi) is 5.71. The van der Waals surface area contributed by atoms with Crippen molar-refractivity contribution in [1.29, 1.82) is 0 Å². The van der Waals surface area contributed by atoms with E-state index in [1.54, 1.807) is 20.3 Å². The Hall–Kier alpha value is -3.33. The van der Waals surface area contributed by atoms with Gasteiger partial charge in [-0.25, -0.2) is 0 Å². The van der Waals surface area contributed by atoms with Crippen molar-refractivity contribution in [3.8, 4) is 28.6 Å². The molecule has 0 saturated carbocycles. The molecule has 4 aromatic rings. The molecule has 0 aliphatic heterocycles. The van der Waals surface area contributed by atoms with Crippen molar-refractivity contribution in [1.82, 2.24) is 24.9 Å². The van der Waals surface area contributed by atoms with Gasteiger partial charge in [-0.3, -0.25) is 4.57 Å². The van der Waals surface area contributed by atoms with Gasteiger partial charge in [-0.15, -0.1) is 10.2 Å². The fraction of sp³-hybridized carbons (Fsp3) is 0.238. The fourth-order valence-corrected chi connectivity index (χ4v) is 3.79. The van der Waals surface area contributed by atoms with Crippen molar-refractivity contribution < 1.29 is 14.0 Å². The van der Waals surface area contributed by atoms with Gasteiger partial charge in [0.25, 0.3) is 0 Å². The number of ether oxygens (including phenoxy) is 2. The number of nitrogens with zero attached hydrogens (tertiary/aromatic N) is 5. The lowest BCUT2D eigenvalue weighted by Gasteiger charge is -2.08. The van der Waals surface area contributed by atoms with E-state index in [-0.39, 0.29) is 0 Å². The topological polar surface area (TPSA) is 88.1 Å². The molecule has 0 aliphatic carbocycles. The molecule has 0 saturated heterocycles. The molecule has 0 aliphatic rings. The minimum absolute atomic E-state index is 0.460. The molecule has 2 aromatic heterocycles. The van der Waals surface area contributed by atoms with Crippen LogP contribution in [0.3, 0.4) is 0 Å². The van der Waals surface area contributed by atoms with E-state index in [1.807, 2.05) is 23.6 Å². The van der Waals surface area contributed by atoms with Gasteiger partial charge >= 0.3 is 0 Å². The zero-order chi connectivity index (χ0) is 21.1. The summed E-state index contributed by atoms with van der Waals surface area (Å²) < 4.78 is 18.1. The quantitative estimate of drug-likeness (QED) is 0.408. The van der Waals surface area contributed by atoms with Crippen LogP contribution in [0.1, 0.15) is 17.3 Å².